The summed E-state index contributed by atoms with van der Waals surface area (Å²) in [6.45, 7) is 3.87. The van der Waals surface area contributed by atoms with Crippen molar-refractivity contribution < 1.29 is 9.59 Å². The van der Waals surface area contributed by atoms with Crippen LogP contribution in [0.5, 0.6) is 0 Å². The zero-order valence-corrected chi connectivity index (χ0v) is 16.3. The normalized spacial score (nSPS) is 17.2. The van der Waals surface area contributed by atoms with E-state index in [1.54, 1.807) is 6.08 Å². The highest BCUT2D eigenvalue weighted by Crippen LogP contribution is 2.34. The summed E-state index contributed by atoms with van der Waals surface area (Å²) in [5.41, 5.74) is 3.00. The van der Waals surface area contributed by atoms with E-state index in [0.29, 0.717) is 4.91 Å². The summed E-state index contributed by atoms with van der Waals surface area (Å²) in [5, 5.41) is -0.191. The van der Waals surface area contributed by atoms with Gasteiger partial charge in [-0.25, -0.2) is 0 Å². The van der Waals surface area contributed by atoms with Gasteiger partial charge in [0.2, 0.25) is 0 Å². The van der Waals surface area contributed by atoms with Crippen LogP contribution in [0.3, 0.4) is 0 Å². The molecule has 136 valence electrons. The predicted molar refractivity (Wildman–Crippen MR) is 108 cm³/mol. The number of hydrogen-bond donors (Lipinski definition) is 0. The average molecular weight is 369 g/mol. The molecule has 0 spiro atoms. The topological polar surface area (TPSA) is 45.6 Å². The summed E-state index contributed by atoms with van der Waals surface area (Å²) in [6, 6.07) is 12.0. The molecule has 26 heavy (non-hydrogen) atoms. The van der Waals surface area contributed by atoms with Crippen molar-refractivity contribution in [1.29, 1.82) is 0 Å². The maximum absolute atomic E-state index is 12.6. The molecule has 1 aromatic carbocycles. The Hall–Kier alpha value is -2.47. The second-order valence-corrected chi connectivity index (χ2v) is 7.52. The highest BCUT2D eigenvalue weighted by molar-refractivity contribution is 8.18. The lowest BCUT2D eigenvalue weighted by atomic mass is 10.2. The fourth-order valence-corrected chi connectivity index (χ4v) is 3.75. The number of benzene rings is 1. The molecule has 1 aliphatic rings. The van der Waals surface area contributed by atoms with Gasteiger partial charge in [-0.05, 0) is 67.6 Å². The van der Waals surface area contributed by atoms with Crippen LogP contribution in [-0.2, 0) is 4.79 Å². The molecule has 1 aromatic heterocycles. The molecular weight excluding hydrogens is 346 g/mol. The number of amides is 2. The third-order valence-corrected chi connectivity index (χ3v) is 5.44. The second-order valence-electron chi connectivity index (χ2n) is 6.52. The van der Waals surface area contributed by atoms with Crippen LogP contribution in [0.25, 0.3) is 11.8 Å². The number of anilines is 1. The van der Waals surface area contributed by atoms with Gasteiger partial charge in [-0.3, -0.25) is 14.5 Å². The molecule has 1 fully saturated rings. The summed E-state index contributed by atoms with van der Waals surface area (Å²) in [7, 11) is 4.01. The van der Waals surface area contributed by atoms with Crippen LogP contribution in [0.2, 0.25) is 0 Å². The Morgan fingerprint density at radius 3 is 2.46 bits per heavy atom. The lowest BCUT2D eigenvalue weighted by molar-refractivity contribution is -0.124. The van der Waals surface area contributed by atoms with Crippen LogP contribution in [0, 0.1) is 0 Å². The number of thioether (sulfide) groups is 1. The minimum atomic E-state index is -0.204. The summed E-state index contributed by atoms with van der Waals surface area (Å²) >= 11 is 1.01. The maximum atomic E-state index is 12.6. The van der Waals surface area contributed by atoms with E-state index >= 15 is 0 Å². The van der Waals surface area contributed by atoms with E-state index in [-0.39, 0.29) is 17.2 Å². The van der Waals surface area contributed by atoms with Crippen LogP contribution in [0.15, 0.2) is 47.5 Å². The zero-order valence-electron chi connectivity index (χ0n) is 15.5. The Morgan fingerprint density at radius 2 is 1.85 bits per heavy atom. The quantitative estimate of drug-likeness (QED) is 0.734. The van der Waals surface area contributed by atoms with Crippen molar-refractivity contribution in [1.82, 2.24) is 9.47 Å². The summed E-state index contributed by atoms with van der Waals surface area (Å²) < 4.78 is 2.01. The van der Waals surface area contributed by atoms with Crippen molar-refractivity contribution in [3.63, 3.8) is 0 Å². The monoisotopic (exact) mass is 369 g/mol. The lowest BCUT2D eigenvalue weighted by Crippen LogP contribution is -2.36. The van der Waals surface area contributed by atoms with Crippen LogP contribution < -0.4 is 4.90 Å². The van der Waals surface area contributed by atoms with Crippen LogP contribution in [0.1, 0.15) is 26.0 Å². The molecule has 3 rings (SSSR count). The molecule has 0 unspecified atom stereocenters. The number of carbonyl (C=O) groups excluding carboxylic acids is 2. The van der Waals surface area contributed by atoms with E-state index in [9.17, 15) is 9.59 Å². The standard InChI is InChI=1S/C20H23N3O2S/c1-5-14(2)23-19(24)18(26-20(23)25)13-17-7-6-12-22(17)16-10-8-15(9-11-16)21(3)4/h6-14H,5H2,1-4H3/t14-/m1/s1. The molecule has 0 aliphatic carbocycles. The van der Waals surface area contributed by atoms with Gasteiger partial charge in [0, 0.05) is 43.4 Å². The number of imide groups is 1. The maximum Gasteiger partial charge on any atom is 0.293 e. The minimum Gasteiger partial charge on any atom is -0.378 e. The Kier molecular flexibility index (Phi) is 5.23. The Balaban J connectivity index is 1.91. The zero-order chi connectivity index (χ0) is 18.8. The van der Waals surface area contributed by atoms with Gasteiger partial charge in [0.1, 0.15) is 0 Å². The molecule has 0 N–H and O–H groups in total. The second kappa shape index (κ2) is 7.41. The van der Waals surface area contributed by atoms with Gasteiger partial charge in [-0.15, -0.1) is 0 Å². The first kappa shape index (κ1) is 18.3. The van der Waals surface area contributed by atoms with Crippen LogP contribution >= 0.6 is 11.8 Å². The van der Waals surface area contributed by atoms with Crippen molar-refractivity contribution in [2.45, 2.75) is 26.3 Å². The van der Waals surface area contributed by atoms with Crippen molar-refractivity contribution in [2.75, 3.05) is 19.0 Å². The van der Waals surface area contributed by atoms with E-state index in [0.717, 1.165) is 35.3 Å². The highest BCUT2D eigenvalue weighted by atomic mass is 32.2. The van der Waals surface area contributed by atoms with Crippen LogP contribution in [0.4, 0.5) is 10.5 Å². The number of carbonyl (C=O) groups is 2. The molecule has 2 aromatic rings. The number of rotatable bonds is 5. The molecular formula is C20H23N3O2S. The van der Waals surface area contributed by atoms with E-state index < -0.39 is 0 Å². The molecule has 0 bridgehead atoms. The molecule has 1 aliphatic heterocycles. The third kappa shape index (κ3) is 3.42. The van der Waals surface area contributed by atoms with Gasteiger partial charge < -0.3 is 9.47 Å². The molecule has 2 heterocycles. The molecule has 2 amide bonds. The summed E-state index contributed by atoms with van der Waals surface area (Å²) in [5.74, 6) is -0.204. The Labute approximate surface area is 158 Å². The third-order valence-electron chi connectivity index (χ3n) is 4.56. The molecule has 6 heteroatoms. The first-order chi connectivity index (χ1) is 12.4. The van der Waals surface area contributed by atoms with Gasteiger partial charge in [0.25, 0.3) is 11.1 Å². The van der Waals surface area contributed by atoms with Gasteiger partial charge in [0.05, 0.1) is 4.91 Å². The van der Waals surface area contributed by atoms with Crippen molar-refractivity contribution in [2.24, 2.45) is 0 Å². The Morgan fingerprint density at radius 1 is 1.15 bits per heavy atom. The molecule has 0 saturated carbocycles. The summed E-state index contributed by atoms with van der Waals surface area (Å²) in [6.07, 6.45) is 4.50. The molecule has 1 atom stereocenters. The SMILES string of the molecule is CC[C@@H](C)N1C(=O)SC(=Cc2cccn2-c2ccc(N(C)C)cc2)C1=O. The summed E-state index contributed by atoms with van der Waals surface area (Å²) in [4.78, 5) is 28.7. The fraction of sp³-hybridized carbons (Fsp3) is 0.300. The Bertz CT molecular complexity index is 852. The predicted octanol–water partition coefficient (Wildman–Crippen LogP) is 4.38. The molecule has 5 nitrogen and oxygen atoms in total. The fourth-order valence-electron chi connectivity index (χ4n) is 2.83. The van der Waals surface area contributed by atoms with E-state index in [1.807, 2.05) is 67.9 Å². The van der Waals surface area contributed by atoms with Crippen molar-refractivity contribution >= 4 is 34.7 Å². The van der Waals surface area contributed by atoms with Gasteiger partial charge in [-0.1, -0.05) is 6.92 Å². The van der Waals surface area contributed by atoms with Crippen LogP contribution in [-0.4, -0.2) is 40.8 Å². The first-order valence-corrected chi connectivity index (χ1v) is 9.46. The van der Waals surface area contributed by atoms with E-state index in [4.69, 9.17) is 0 Å². The van der Waals surface area contributed by atoms with E-state index in [1.165, 1.54) is 4.90 Å². The van der Waals surface area contributed by atoms with Gasteiger partial charge >= 0.3 is 0 Å². The van der Waals surface area contributed by atoms with E-state index in [2.05, 4.69) is 12.1 Å². The first-order valence-electron chi connectivity index (χ1n) is 8.64. The molecule has 0 radical (unpaired) electrons. The molecule has 1 saturated heterocycles. The van der Waals surface area contributed by atoms with Crippen molar-refractivity contribution in [3.8, 4) is 5.69 Å². The van der Waals surface area contributed by atoms with Gasteiger partial charge in [-0.2, -0.15) is 0 Å². The average Bonchev–Trinajstić information content (AvgIpc) is 3.19. The minimum absolute atomic E-state index is 0.0845. The number of nitrogens with zero attached hydrogens (tertiary/aromatic N) is 3. The van der Waals surface area contributed by atoms with Crippen molar-refractivity contribution in [3.05, 3.63) is 53.2 Å². The largest absolute Gasteiger partial charge is 0.378 e. The van der Waals surface area contributed by atoms with Gasteiger partial charge in [0.15, 0.2) is 0 Å². The highest BCUT2D eigenvalue weighted by Gasteiger charge is 2.37. The lowest BCUT2D eigenvalue weighted by Gasteiger charge is -2.19. The number of hydrogen-bond acceptors (Lipinski definition) is 4. The number of aromatic nitrogens is 1. The smallest absolute Gasteiger partial charge is 0.293 e.